The first-order valence-electron chi connectivity index (χ1n) is 11.9. The van der Waals surface area contributed by atoms with E-state index in [1.807, 2.05) is 6.92 Å². The molecule has 39 heavy (non-hydrogen) atoms. The van der Waals surface area contributed by atoms with Gasteiger partial charge in [0, 0.05) is 10.9 Å². The summed E-state index contributed by atoms with van der Waals surface area (Å²) in [5, 5.41) is -0.873. The van der Waals surface area contributed by atoms with Crippen molar-refractivity contribution in [2.75, 3.05) is 0 Å². The second-order valence-electron chi connectivity index (χ2n) is 9.00. The lowest BCUT2D eigenvalue weighted by Gasteiger charge is -2.19. The van der Waals surface area contributed by atoms with Crippen molar-refractivity contribution in [1.29, 1.82) is 0 Å². The van der Waals surface area contributed by atoms with E-state index < -0.39 is 57.7 Å². The van der Waals surface area contributed by atoms with Gasteiger partial charge in [-0.3, -0.25) is 0 Å². The lowest BCUT2D eigenvalue weighted by molar-refractivity contribution is -0.185. The molecule has 1 nitrogen and oxygen atoms in total. The van der Waals surface area contributed by atoms with Crippen molar-refractivity contribution >= 4 is 21.5 Å². The molecule has 5 rings (SSSR count). The van der Waals surface area contributed by atoms with E-state index in [4.69, 9.17) is 4.74 Å². The van der Waals surface area contributed by atoms with Gasteiger partial charge in [-0.15, -0.1) is 0 Å². The molecule has 0 radical (unpaired) electrons. The maximum atomic E-state index is 15.0. The van der Waals surface area contributed by atoms with E-state index >= 15 is 0 Å². The highest BCUT2D eigenvalue weighted by Crippen LogP contribution is 2.37. The molecule has 0 aromatic heterocycles. The van der Waals surface area contributed by atoms with E-state index in [9.17, 15) is 35.1 Å². The van der Waals surface area contributed by atoms with Gasteiger partial charge in [0.15, 0.2) is 29.1 Å². The van der Waals surface area contributed by atoms with Gasteiger partial charge in [-0.25, -0.2) is 26.3 Å². The Morgan fingerprint density at radius 3 is 2.08 bits per heavy atom. The monoisotopic (exact) mass is 546 g/mol. The Morgan fingerprint density at radius 1 is 0.667 bits per heavy atom. The molecule has 0 saturated carbocycles. The second-order valence-corrected chi connectivity index (χ2v) is 9.00. The van der Waals surface area contributed by atoms with E-state index in [1.54, 1.807) is 0 Å². The number of benzene rings is 5. The normalized spacial score (nSPS) is 11.9. The highest BCUT2D eigenvalue weighted by atomic mass is 19.3. The van der Waals surface area contributed by atoms with E-state index in [0.29, 0.717) is 18.9 Å². The Hall–Kier alpha value is -4.14. The number of hydrogen-bond acceptors (Lipinski definition) is 1. The van der Waals surface area contributed by atoms with Crippen LogP contribution in [-0.4, -0.2) is 0 Å². The van der Waals surface area contributed by atoms with Crippen molar-refractivity contribution < 1.29 is 39.9 Å². The fourth-order valence-electron chi connectivity index (χ4n) is 4.49. The van der Waals surface area contributed by atoms with Crippen LogP contribution in [0, 0.1) is 34.9 Å². The number of alkyl halides is 2. The van der Waals surface area contributed by atoms with Gasteiger partial charge in [-0.05, 0) is 70.8 Å². The SMILES string of the molecule is CCCc1ccc2cc(-c3ccc(C(F)(F)Oc4ccc5c(F)c(F)c(F)cc5c4)cc3)c(F)c(F)c2c1F. The molecule has 0 aliphatic carbocycles. The van der Waals surface area contributed by atoms with Crippen LogP contribution in [0.25, 0.3) is 32.7 Å². The van der Waals surface area contributed by atoms with Crippen molar-refractivity contribution in [3.8, 4) is 16.9 Å². The van der Waals surface area contributed by atoms with Gasteiger partial charge < -0.3 is 4.74 Å². The zero-order valence-corrected chi connectivity index (χ0v) is 20.2. The van der Waals surface area contributed by atoms with Crippen LogP contribution < -0.4 is 4.74 Å². The summed E-state index contributed by atoms with van der Waals surface area (Å²) in [4.78, 5) is 0. The van der Waals surface area contributed by atoms with Crippen LogP contribution in [0.3, 0.4) is 0 Å². The van der Waals surface area contributed by atoms with Gasteiger partial charge in [0.1, 0.15) is 11.6 Å². The average Bonchev–Trinajstić information content (AvgIpc) is 2.90. The number of fused-ring (bicyclic) bond motifs is 2. The fraction of sp³-hybridized carbons (Fsp3) is 0.133. The van der Waals surface area contributed by atoms with Crippen LogP contribution in [0.5, 0.6) is 5.75 Å². The molecule has 5 aromatic rings. The highest BCUT2D eigenvalue weighted by Gasteiger charge is 2.35. The van der Waals surface area contributed by atoms with Gasteiger partial charge in [0.05, 0.1) is 10.9 Å². The van der Waals surface area contributed by atoms with Crippen molar-refractivity contribution in [3.63, 3.8) is 0 Å². The number of hydrogen-bond donors (Lipinski definition) is 0. The Kier molecular flexibility index (Phi) is 6.70. The fourth-order valence-corrected chi connectivity index (χ4v) is 4.49. The first kappa shape index (κ1) is 26.5. The molecule has 0 spiro atoms. The smallest absolute Gasteiger partial charge is 0.426 e. The van der Waals surface area contributed by atoms with Crippen LogP contribution in [0.4, 0.5) is 35.1 Å². The first-order chi connectivity index (χ1) is 18.5. The highest BCUT2D eigenvalue weighted by molar-refractivity contribution is 5.89. The minimum atomic E-state index is -3.94. The van der Waals surface area contributed by atoms with Crippen molar-refractivity contribution in [2.24, 2.45) is 0 Å². The van der Waals surface area contributed by atoms with E-state index in [0.717, 1.165) is 42.5 Å². The third-order valence-corrected chi connectivity index (χ3v) is 6.44. The lowest BCUT2D eigenvalue weighted by Crippen LogP contribution is -2.21. The van der Waals surface area contributed by atoms with Crippen LogP contribution in [0.2, 0.25) is 0 Å². The number of ether oxygens (including phenoxy) is 1. The van der Waals surface area contributed by atoms with Gasteiger partial charge in [0.25, 0.3) is 0 Å². The number of halogens is 8. The minimum absolute atomic E-state index is 0.0598. The first-order valence-corrected chi connectivity index (χ1v) is 11.9. The summed E-state index contributed by atoms with van der Waals surface area (Å²) in [7, 11) is 0. The summed E-state index contributed by atoms with van der Waals surface area (Å²) in [5.41, 5.74) is -0.579. The largest absolute Gasteiger partial charge is 0.429 e. The van der Waals surface area contributed by atoms with Gasteiger partial charge in [-0.1, -0.05) is 37.6 Å². The molecule has 0 aliphatic heterocycles. The molecule has 0 N–H and O–H groups in total. The Labute approximate surface area is 217 Å². The molecule has 5 aromatic carbocycles. The van der Waals surface area contributed by atoms with Crippen molar-refractivity contribution in [2.45, 2.75) is 25.9 Å². The summed E-state index contributed by atoms with van der Waals surface area (Å²) in [6, 6.07) is 11.9. The third kappa shape index (κ3) is 4.66. The van der Waals surface area contributed by atoms with E-state index in [-0.39, 0.29) is 32.8 Å². The Morgan fingerprint density at radius 2 is 1.38 bits per heavy atom. The average molecular weight is 546 g/mol. The Balaban J connectivity index is 1.46. The molecular weight excluding hydrogens is 528 g/mol. The summed E-state index contributed by atoms with van der Waals surface area (Å²) in [5.74, 6) is -8.61. The zero-order chi connectivity index (χ0) is 28.1. The summed E-state index contributed by atoms with van der Waals surface area (Å²) in [6.07, 6.45) is -2.97. The van der Waals surface area contributed by atoms with Gasteiger partial charge in [0.2, 0.25) is 0 Å². The second kappa shape index (κ2) is 9.87. The third-order valence-electron chi connectivity index (χ3n) is 6.44. The van der Waals surface area contributed by atoms with Crippen LogP contribution >= 0.6 is 0 Å². The summed E-state index contributed by atoms with van der Waals surface area (Å²) >= 11 is 0. The molecular formula is C30H18F8O. The van der Waals surface area contributed by atoms with Gasteiger partial charge >= 0.3 is 6.11 Å². The molecule has 0 unspecified atom stereocenters. The van der Waals surface area contributed by atoms with E-state index in [1.165, 1.54) is 18.2 Å². The Bertz CT molecular complexity index is 1730. The molecule has 0 atom stereocenters. The molecule has 0 heterocycles. The summed E-state index contributed by atoms with van der Waals surface area (Å²) < 4.78 is 120. The summed E-state index contributed by atoms with van der Waals surface area (Å²) in [6.45, 7) is 1.83. The minimum Gasteiger partial charge on any atom is -0.429 e. The lowest BCUT2D eigenvalue weighted by atomic mass is 9.96. The maximum absolute atomic E-state index is 15.0. The number of rotatable bonds is 6. The molecule has 9 heteroatoms. The van der Waals surface area contributed by atoms with Crippen LogP contribution in [0.15, 0.2) is 66.7 Å². The van der Waals surface area contributed by atoms with Crippen LogP contribution in [0.1, 0.15) is 24.5 Å². The predicted molar refractivity (Wildman–Crippen MR) is 132 cm³/mol. The van der Waals surface area contributed by atoms with Gasteiger partial charge in [-0.2, -0.15) is 8.78 Å². The molecule has 200 valence electrons. The van der Waals surface area contributed by atoms with Crippen molar-refractivity contribution in [3.05, 3.63) is 113 Å². The number of aryl methyl sites for hydroxylation is 1. The molecule has 0 aliphatic rings. The molecule has 0 bridgehead atoms. The quantitative estimate of drug-likeness (QED) is 0.152. The standard InChI is InChI=1S/C30H18F8O/c1-2-3-16-4-5-17-13-22(27(34)29(36)24(17)25(16)32)15-6-8-19(9-7-15)30(37,38)39-20-10-11-21-18(12-20)14-23(31)28(35)26(21)33/h4-14H,2-3H2,1H3. The van der Waals surface area contributed by atoms with Crippen molar-refractivity contribution in [1.82, 2.24) is 0 Å². The zero-order valence-electron chi connectivity index (χ0n) is 20.2. The maximum Gasteiger partial charge on any atom is 0.426 e. The topological polar surface area (TPSA) is 9.23 Å². The van der Waals surface area contributed by atoms with Crippen LogP contribution in [-0.2, 0) is 12.5 Å². The molecule has 0 saturated heterocycles. The molecule has 0 fully saturated rings. The van der Waals surface area contributed by atoms with E-state index in [2.05, 4.69) is 0 Å². The molecule has 0 amide bonds. The predicted octanol–water partition coefficient (Wildman–Crippen LogP) is 9.58.